The second kappa shape index (κ2) is 5.21. The van der Waals surface area contributed by atoms with E-state index < -0.39 is 0 Å². The molecule has 2 rings (SSSR count). The molecular formula is C14H14ClNO. The Bertz CT molecular complexity index is 525. The van der Waals surface area contributed by atoms with Crippen molar-refractivity contribution in [1.82, 2.24) is 0 Å². The zero-order chi connectivity index (χ0) is 12.3. The molecule has 2 aromatic rings. The number of nitrogens with two attached hydrogens (primary N) is 1. The third kappa shape index (κ3) is 2.60. The molecule has 0 fully saturated rings. The average Bonchev–Trinajstić information content (AvgIpc) is 2.39. The molecule has 0 spiro atoms. The summed E-state index contributed by atoms with van der Waals surface area (Å²) in [5.74, 6) is 0.809. The first-order valence-corrected chi connectivity index (χ1v) is 5.75. The Labute approximate surface area is 106 Å². The van der Waals surface area contributed by atoms with Crippen molar-refractivity contribution in [1.29, 1.82) is 0 Å². The second-order valence-electron chi connectivity index (χ2n) is 3.75. The van der Waals surface area contributed by atoms with Gasteiger partial charge in [0.05, 0.1) is 7.11 Å². The number of methoxy groups -OCH3 is 1. The lowest BCUT2D eigenvalue weighted by molar-refractivity contribution is 0.416. The minimum Gasteiger partial charge on any atom is -0.496 e. The largest absolute Gasteiger partial charge is 0.496 e. The van der Waals surface area contributed by atoms with Crippen LogP contribution in [0.1, 0.15) is 5.56 Å². The molecule has 0 radical (unpaired) electrons. The zero-order valence-corrected chi connectivity index (χ0v) is 10.4. The van der Waals surface area contributed by atoms with Crippen LogP contribution in [0.5, 0.6) is 5.75 Å². The van der Waals surface area contributed by atoms with E-state index in [2.05, 4.69) is 0 Å². The van der Waals surface area contributed by atoms with Crippen molar-refractivity contribution in [3.63, 3.8) is 0 Å². The highest BCUT2D eigenvalue weighted by atomic mass is 35.5. The first-order valence-electron chi connectivity index (χ1n) is 5.37. The third-order valence-corrected chi connectivity index (χ3v) is 2.87. The van der Waals surface area contributed by atoms with Gasteiger partial charge < -0.3 is 10.5 Å². The zero-order valence-electron chi connectivity index (χ0n) is 9.61. The van der Waals surface area contributed by atoms with E-state index in [9.17, 15) is 0 Å². The number of halogens is 1. The molecule has 0 saturated heterocycles. The Morgan fingerprint density at radius 2 is 2.00 bits per heavy atom. The monoisotopic (exact) mass is 247 g/mol. The number of hydrogen-bond acceptors (Lipinski definition) is 2. The number of rotatable bonds is 3. The molecule has 0 aliphatic rings. The van der Waals surface area contributed by atoms with Gasteiger partial charge >= 0.3 is 0 Å². The van der Waals surface area contributed by atoms with Gasteiger partial charge in [-0.2, -0.15) is 0 Å². The van der Waals surface area contributed by atoms with Crippen LogP contribution >= 0.6 is 11.6 Å². The lowest BCUT2D eigenvalue weighted by Gasteiger charge is -2.10. The molecule has 17 heavy (non-hydrogen) atoms. The third-order valence-electron chi connectivity index (χ3n) is 2.64. The van der Waals surface area contributed by atoms with Crippen LogP contribution in [0.3, 0.4) is 0 Å². The highest BCUT2D eigenvalue weighted by molar-refractivity contribution is 6.31. The van der Waals surface area contributed by atoms with Crippen molar-refractivity contribution in [3.05, 3.63) is 53.1 Å². The average molecular weight is 248 g/mol. The van der Waals surface area contributed by atoms with Crippen LogP contribution < -0.4 is 10.5 Å². The first-order chi connectivity index (χ1) is 8.24. The van der Waals surface area contributed by atoms with Crippen LogP contribution in [-0.2, 0) is 6.54 Å². The summed E-state index contributed by atoms with van der Waals surface area (Å²) in [5, 5.41) is 0.693. The summed E-state index contributed by atoms with van der Waals surface area (Å²) in [6, 6.07) is 13.6. The van der Waals surface area contributed by atoms with E-state index >= 15 is 0 Å². The first kappa shape index (κ1) is 12.0. The van der Waals surface area contributed by atoms with Crippen LogP contribution in [-0.4, -0.2) is 7.11 Å². The smallest absolute Gasteiger partial charge is 0.126 e. The van der Waals surface area contributed by atoms with Crippen molar-refractivity contribution >= 4 is 11.6 Å². The van der Waals surface area contributed by atoms with Gasteiger partial charge in [0.25, 0.3) is 0 Å². The number of hydrogen-bond donors (Lipinski definition) is 1. The van der Waals surface area contributed by atoms with Gasteiger partial charge in [-0.3, -0.25) is 0 Å². The standard InChI is InChI=1S/C14H14ClNO/c1-17-14-6-5-12(15)8-13(14)11-4-2-3-10(7-11)9-16/h2-8H,9,16H2,1H3. The van der Waals surface area contributed by atoms with Crippen LogP contribution in [0, 0.1) is 0 Å². The number of ether oxygens (including phenoxy) is 1. The van der Waals surface area contributed by atoms with Crippen LogP contribution in [0.15, 0.2) is 42.5 Å². The van der Waals surface area contributed by atoms with Gasteiger partial charge in [-0.25, -0.2) is 0 Å². The van der Waals surface area contributed by atoms with E-state index in [1.54, 1.807) is 7.11 Å². The van der Waals surface area contributed by atoms with Crippen molar-refractivity contribution in [2.24, 2.45) is 5.73 Å². The normalized spacial score (nSPS) is 10.3. The van der Waals surface area contributed by atoms with E-state index in [1.165, 1.54) is 0 Å². The highest BCUT2D eigenvalue weighted by Gasteiger charge is 2.06. The molecule has 0 aliphatic carbocycles. The Hall–Kier alpha value is -1.51. The van der Waals surface area contributed by atoms with Gasteiger partial charge in [-0.15, -0.1) is 0 Å². The summed E-state index contributed by atoms with van der Waals surface area (Å²) >= 11 is 6.02. The van der Waals surface area contributed by atoms with Crippen molar-refractivity contribution in [2.75, 3.05) is 7.11 Å². The lowest BCUT2D eigenvalue weighted by atomic mass is 10.0. The molecule has 3 heteroatoms. The summed E-state index contributed by atoms with van der Waals surface area (Å²) in [7, 11) is 1.65. The van der Waals surface area contributed by atoms with Crippen molar-refractivity contribution in [3.8, 4) is 16.9 Å². The van der Waals surface area contributed by atoms with Crippen molar-refractivity contribution < 1.29 is 4.74 Å². The molecule has 0 heterocycles. The van der Waals surface area contributed by atoms with E-state index in [1.807, 2.05) is 42.5 Å². The molecule has 0 bridgehead atoms. The summed E-state index contributed by atoms with van der Waals surface area (Å²) in [6.45, 7) is 0.525. The molecule has 0 aliphatic heterocycles. The molecule has 88 valence electrons. The molecule has 0 amide bonds. The lowest BCUT2D eigenvalue weighted by Crippen LogP contribution is -1.96. The Morgan fingerprint density at radius 3 is 2.71 bits per heavy atom. The van der Waals surface area contributed by atoms with E-state index in [-0.39, 0.29) is 0 Å². The van der Waals surface area contributed by atoms with Crippen LogP contribution in [0.2, 0.25) is 5.02 Å². The maximum absolute atomic E-state index is 6.02. The predicted octanol–water partition coefficient (Wildman–Crippen LogP) is 3.47. The molecule has 2 aromatic carbocycles. The fourth-order valence-electron chi connectivity index (χ4n) is 1.77. The predicted molar refractivity (Wildman–Crippen MR) is 71.3 cm³/mol. The summed E-state index contributed by atoms with van der Waals surface area (Å²) < 4.78 is 5.34. The van der Waals surface area contributed by atoms with Gasteiger partial charge in [-0.1, -0.05) is 29.8 Å². The van der Waals surface area contributed by atoms with E-state index in [4.69, 9.17) is 22.1 Å². The maximum atomic E-state index is 6.02. The molecule has 2 N–H and O–H groups in total. The van der Waals surface area contributed by atoms with Gasteiger partial charge in [0, 0.05) is 17.1 Å². The molecule has 2 nitrogen and oxygen atoms in total. The molecule has 0 saturated carbocycles. The molecular weight excluding hydrogens is 234 g/mol. The Morgan fingerprint density at radius 1 is 1.18 bits per heavy atom. The number of benzene rings is 2. The summed E-state index contributed by atoms with van der Waals surface area (Å²) in [6.07, 6.45) is 0. The minimum absolute atomic E-state index is 0.525. The van der Waals surface area contributed by atoms with E-state index in [0.717, 1.165) is 22.4 Å². The maximum Gasteiger partial charge on any atom is 0.126 e. The summed E-state index contributed by atoms with van der Waals surface area (Å²) in [5.41, 5.74) is 8.77. The quantitative estimate of drug-likeness (QED) is 0.901. The minimum atomic E-state index is 0.525. The van der Waals surface area contributed by atoms with Crippen molar-refractivity contribution in [2.45, 2.75) is 6.54 Å². The Kier molecular flexibility index (Phi) is 3.67. The summed E-state index contributed by atoms with van der Waals surface area (Å²) in [4.78, 5) is 0. The van der Waals surface area contributed by atoms with Crippen LogP contribution in [0.4, 0.5) is 0 Å². The topological polar surface area (TPSA) is 35.2 Å². The van der Waals surface area contributed by atoms with Gasteiger partial charge in [-0.05, 0) is 35.4 Å². The van der Waals surface area contributed by atoms with E-state index in [0.29, 0.717) is 11.6 Å². The molecule has 0 aromatic heterocycles. The molecule has 0 atom stereocenters. The van der Waals surface area contributed by atoms with Crippen LogP contribution in [0.25, 0.3) is 11.1 Å². The van der Waals surface area contributed by atoms with Gasteiger partial charge in [0.15, 0.2) is 0 Å². The highest BCUT2D eigenvalue weighted by Crippen LogP contribution is 2.32. The fraction of sp³-hybridized carbons (Fsp3) is 0.143. The molecule has 0 unspecified atom stereocenters. The van der Waals surface area contributed by atoms with Gasteiger partial charge in [0.1, 0.15) is 5.75 Å². The fourth-order valence-corrected chi connectivity index (χ4v) is 1.94. The Balaban J connectivity index is 2.54. The SMILES string of the molecule is COc1ccc(Cl)cc1-c1cccc(CN)c1. The second-order valence-corrected chi connectivity index (χ2v) is 4.19. The van der Waals surface area contributed by atoms with Gasteiger partial charge in [0.2, 0.25) is 0 Å².